The number of nitrogen functional groups attached to an aromatic ring is 1. The van der Waals surface area contributed by atoms with Crippen LogP contribution in [-0.4, -0.2) is 12.6 Å². The lowest BCUT2D eigenvalue weighted by Crippen LogP contribution is -2.08. The summed E-state index contributed by atoms with van der Waals surface area (Å²) in [6.07, 6.45) is 0. The van der Waals surface area contributed by atoms with Crippen LogP contribution in [0.5, 0.6) is 0 Å². The fourth-order valence-corrected chi connectivity index (χ4v) is 2.60. The summed E-state index contributed by atoms with van der Waals surface area (Å²) in [5.74, 6) is -0.413. The monoisotopic (exact) mass is 348 g/mol. The molecular weight excluding hydrogens is 332 g/mol. The average molecular weight is 349 g/mol. The molecule has 5 heteroatoms. The SMILES string of the molecule is CCOC(=O)c1cc(Nc2cc(C)cc(Br)c2)ccc1N. The van der Waals surface area contributed by atoms with Crippen molar-refractivity contribution in [1.82, 2.24) is 0 Å². The highest BCUT2D eigenvalue weighted by molar-refractivity contribution is 9.10. The Hall–Kier alpha value is -2.01. The van der Waals surface area contributed by atoms with Gasteiger partial charge in [0, 0.05) is 21.5 Å². The van der Waals surface area contributed by atoms with Crippen molar-refractivity contribution in [1.29, 1.82) is 0 Å². The van der Waals surface area contributed by atoms with Gasteiger partial charge in [-0.25, -0.2) is 4.79 Å². The van der Waals surface area contributed by atoms with Crippen LogP contribution in [0.1, 0.15) is 22.8 Å². The van der Waals surface area contributed by atoms with Gasteiger partial charge in [-0.1, -0.05) is 15.9 Å². The molecule has 0 fully saturated rings. The number of esters is 1. The zero-order chi connectivity index (χ0) is 15.4. The number of aryl methyl sites for hydroxylation is 1. The van der Waals surface area contributed by atoms with Crippen molar-refractivity contribution < 1.29 is 9.53 Å². The van der Waals surface area contributed by atoms with Crippen LogP contribution in [-0.2, 0) is 4.74 Å². The second-order valence-electron chi connectivity index (χ2n) is 4.66. The van der Waals surface area contributed by atoms with Crippen molar-refractivity contribution in [3.05, 3.63) is 52.0 Å². The zero-order valence-corrected chi connectivity index (χ0v) is 13.5. The third kappa shape index (κ3) is 3.98. The van der Waals surface area contributed by atoms with Crippen LogP contribution in [0, 0.1) is 6.92 Å². The van der Waals surface area contributed by atoms with Crippen molar-refractivity contribution in [2.24, 2.45) is 0 Å². The Morgan fingerprint density at radius 3 is 2.67 bits per heavy atom. The molecule has 110 valence electrons. The first-order valence-electron chi connectivity index (χ1n) is 6.60. The number of nitrogens with one attached hydrogen (secondary N) is 1. The van der Waals surface area contributed by atoms with E-state index in [2.05, 4.69) is 21.2 Å². The normalized spacial score (nSPS) is 10.2. The summed E-state index contributed by atoms with van der Waals surface area (Å²) in [6, 6.07) is 11.2. The third-order valence-electron chi connectivity index (χ3n) is 2.88. The Morgan fingerprint density at radius 1 is 1.24 bits per heavy atom. The van der Waals surface area contributed by atoms with Crippen LogP contribution in [0.25, 0.3) is 0 Å². The van der Waals surface area contributed by atoms with Crippen LogP contribution in [0.2, 0.25) is 0 Å². The van der Waals surface area contributed by atoms with Crippen molar-refractivity contribution >= 4 is 39.0 Å². The van der Waals surface area contributed by atoms with Gasteiger partial charge in [0.05, 0.1) is 12.2 Å². The number of benzene rings is 2. The minimum absolute atomic E-state index is 0.320. The largest absolute Gasteiger partial charge is 0.462 e. The van der Waals surface area contributed by atoms with Crippen molar-refractivity contribution in [2.45, 2.75) is 13.8 Å². The Labute approximate surface area is 132 Å². The molecule has 3 N–H and O–H groups in total. The molecule has 0 aliphatic rings. The maximum Gasteiger partial charge on any atom is 0.340 e. The quantitative estimate of drug-likeness (QED) is 0.639. The number of hydrogen-bond acceptors (Lipinski definition) is 4. The molecule has 2 aromatic carbocycles. The Morgan fingerprint density at radius 2 is 2.00 bits per heavy atom. The molecule has 0 aromatic heterocycles. The predicted molar refractivity (Wildman–Crippen MR) is 89.0 cm³/mol. The molecule has 0 saturated carbocycles. The van der Waals surface area contributed by atoms with E-state index in [1.165, 1.54) is 0 Å². The highest BCUT2D eigenvalue weighted by atomic mass is 79.9. The summed E-state index contributed by atoms with van der Waals surface area (Å²) in [7, 11) is 0. The van der Waals surface area contributed by atoms with Gasteiger partial charge in [-0.3, -0.25) is 0 Å². The van der Waals surface area contributed by atoms with Crippen molar-refractivity contribution in [3.63, 3.8) is 0 Å². The molecule has 0 aliphatic heterocycles. The summed E-state index contributed by atoms with van der Waals surface area (Å²) < 4.78 is 5.99. The molecule has 4 nitrogen and oxygen atoms in total. The van der Waals surface area contributed by atoms with Gasteiger partial charge in [-0.15, -0.1) is 0 Å². The molecule has 0 spiro atoms. The third-order valence-corrected chi connectivity index (χ3v) is 3.34. The minimum Gasteiger partial charge on any atom is -0.462 e. The number of hydrogen-bond donors (Lipinski definition) is 2. The summed E-state index contributed by atoms with van der Waals surface area (Å²) in [4.78, 5) is 11.8. The van der Waals surface area contributed by atoms with E-state index in [4.69, 9.17) is 10.5 Å². The molecule has 0 bridgehead atoms. The van der Waals surface area contributed by atoms with Crippen molar-refractivity contribution in [3.8, 4) is 0 Å². The van der Waals surface area contributed by atoms with E-state index in [-0.39, 0.29) is 0 Å². The van der Waals surface area contributed by atoms with E-state index in [1.807, 2.05) is 31.2 Å². The van der Waals surface area contributed by atoms with Crippen LogP contribution in [0.3, 0.4) is 0 Å². The van der Waals surface area contributed by atoms with Gasteiger partial charge in [0.25, 0.3) is 0 Å². The van der Waals surface area contributed by atoms with Gasteiger partial charge in [0.1, 0.15) is 0 Å². The standard InChI is InChI=1S/C16H17BrN2O2/c1-3-21-16(20)14-9-12(4-5-15(14)18)19-13-7-10(2)6-11(17)8-13/h4-9,19H,3,18H2,1-2H3. The molecule has 0 saturated heterocycles. The van der Waals surface area contributed by atoms with E-state index in [0.717, 1.165) is 21.4 Å². The summed E-state index contributed by atoms with van der Waals surface area (Å²) in [5, 5.41) is 3.26. The molecule has 2 rings (SSSR count). The Bertz CT molecular complexity index is 651. The van der Waals surface area contributed by atoms with Gasteiger partial charge in [0.15, 0.2) is 0 Å². The molecule has 2 aromatic rings. The number of carbonyl (C=O) groups is 1. The first-order chi connectivity index (χ1) is 9.99. The van der Waals surface area contributed by atoms with Crippen LogP contribution in [0.4, 0.5) is 17.1 Å². The lowest BCUT2D eigenvalue weighted by molar-refractivity contribution is 0.0527. The fraction of sp³-hybridized carbons (Fsp3) is 0.188. The highest BCUT2D eigenvalue weighted by Gasteiger charge is 2.11. The number of rotatable bonds is 4. The van der Waals surface area contributed by atoms with Gasteiger partial charge in [0.2, 0.25) is 0 Å². The second kappa shape index (κ2) is 6.63. The van der Waals surface area contributed by atoms with Gasteiger partial charge in [-0.2, -0.15) is 0 Å². The average Bonchev–Trinajstić information content (AvgIpc) is 2.40. The van der Waals surface area contributed by atoms with E-state index in [9.17, 15) is 4.79 Å². The minimum atomic E-state index is -0.413. The van der Waals surface area contributed by atoms with Crippen LogP contribution >= 0.6 is 15.9 Å². The van der Waals surface area contributed by atoms with E-state index in [1.54, 1.807) is 19.1 Å². The molecule has 0 radical (unpaired) electrons. The molecule has 0 unspecified atom stereocenters. The van der Waals surface area contributed by atoms with Crippen LogP contribution < -0.4 is 11.1 Å². The first-order valence-corrected chi connectivity index (χ1v) is 7.39. The molecule has 0 amide bonds. The van der Waals surface area contributed by atoms with Gasteiger partial charge < -0.3 is 15.8 Å². The number of ether oxygens (including phenoxy) is 1. The van der Waals surface area contributed by atoms with Crippen molar-refractivity contribution in [2.75, 3.05) is 17.7 Å². The molecule has 21 heavy (non-hydrogen) atoms. The van der Waals surface area contributed by atoms with Gasteiger partial charge >= 0.3 is 5.97 Å². The first kappa shape index (κ1) is 15.4. The maximum absolute atomic E-state index is 11.8. The predicted octanol–water partition coefficient (Wildman–Crippen LogP) is 4.26. The Kier molecular flexibility index (Phi) is 4.85. The molecule has 0 atom stereocenters. The van der Waals surface area contributed by atoms with E-state index < -0.39 is 5.97 Å². The molecule has 0 aliphatic carbocycles. The summed E-state index contributed by atoms with van der Waals surface area (Å²) in [6.45, 7) is 4.10. The summed E-state index contributed by atoms with van der Waals surface area (Å²) in [5.41, 5.74) is 9.45. The zero-order valence-electron chi connectivity index (χ0n) is 11.9. The number of nitrogens with two attached hydrogens (primary N) is 1. The van der Waals surface area contributed by atoms with Crippen LogP contribution in [0.15, 0.2) is 40.9 Å². The topological polar surface area (TPSA) is 64.3 Å². The smallest absolute Gasteiger partial charge is 0.340 e. The summed E-state index contributed by atoms with van der Waals surface area (Å²) >= 11 is 3.46. The van der Waals surface area contributed by atoms with E-state index >= 15 is 0 Å². The molecule has 0 heterocycles. The number of anilines is 3. The fourth-order valence-electron chi connectivity index (χ4n) is 1.99. The van der Waals surface area contributed by atoms with E-state index in [0.29, 0.717) is 17.9 Å². The lowest BCUT2D eigenvalue weighted by Gasteiger charge is -2.11. The molecular formula is C16H17BrN2O2. The second-order valence-corrected chi connectivity index (χ2v) is 5.58. The Balaban J connectivity index is 2.28. The lowest BCUT2D eigenvalue weighted by atomic mass is 10.1. The van der Waals surface area contributed by atoms with Gasteiger partial charge in [-0.05, 0) is 55.8 Å². The highest BCUT2D eigenvalue weighted by Crippen LogP contribution is 2.25. The maximum atomic E-state index is 11.8. The number of carbonyl (C=O) groups excluding carboxylic acids is 1. The number of halogens is 1.